The highest BCUT2D eigenvalue weighted by atomic mass is 32.2. The highest BCUT2D eigenvalue weighted by Gasteiger charge is 2.41. The van der Waals surface area contributed by atoms with Crippen LogP contribution in [0.25, 0.3) is 11.8 Å². The molecule has 2 aromatic rings. The van der Waals surface area contributed by atoms with Gasteiger partial charge in [0.2, 0.25) is 0 Å². The lowest BCUT2D eigenvalue weighted by molar-refractivity contribution is -0.148. The first-order valence-corrected chi connectivity index (χ1v) is 10.8. The summed E-state index contributed by atoms with van der Waals surface area (Å²) in [6.07, 6.45) is 1.64. The number of benzene rings is 1. The molecular formula is C23H24N2O6S. The summed E-state index contributed by atoms with van der Waals surface area (Å²) in [5.41, 5.74) is 3.68. The predicted octanol–water partition coefficient (Wildman–Crippen LogP) is 3.87. The zero-order chi connectivity index (χ0) is 23.6. The smallest absolute Gasteiger partial charge is 0.338 e. The molecule has 1 saturated heterocycles. The molecule has 0 radical (unpaired) electrons. The topological polar surface area (TPSA) is 94.9 Å². The number of aryl methyl sites for hydroxylation is 1. The van der Waals surface area contributed by atoms with Gasteiger partial charge >= 0.3 is 11.9 Å². The maximum absolute atomic E-state index is 12.8. The minimum absolute atomic E-state index is 0.228. The fourth-order valence-electron chi connectivity index (χ4n) is 3.55. The number of methoxy groups -OCH3 is 1. The third-order valence-electron chi connectivity index (χ3n) is 5.13. The second-order valence-electron chi connectivity index (χ2n) is 7.18. The van der Waals surface area contributed by atoms with Crippen molar-refractivity contribution in [3.63, 3.8) is 0 Å². The van der Waals surface area contributed by atoms with Crippen LogP contribution in [-0.2, 0) is 19.1 Å². The number of amides is 2. The molecule has 32 heavy (non-hydrogen) atoms. The van der Waals surface area contributed by atoms with Crippen molar-refractivity contribution in [3.8, 4) is 5.69 Å². The Hall–Kier alpha value is -3.33. The molecule has 3 rings (SSSR count). The van der Waals surface area contributed by atoms with Gasteiger partial charge in [-0.15, -0.1) is 0 Å². The van der Waals surface area contributed by atoms with Gasteiger partial charge in [-0.1, -0.05) is 6.07 Å². The first-order valence-electron chi connectivity index (χ1n) is 10.0. The van der Waals surface area contributed by atoms with E-state index in [9.17, 15) is 19.2 Å². The lowest BCUT2D eigenvalue weighted by Gasteiger charge is -2.18. The van der Waals surface area contributed by atoms with E-state index in [4.69, 9.17) is 4.74 Å². The predicted molar refractivity (Wildman–Crippen MR) is 120 cm³/mol. The van der Waals surface area contributed by atoms with E-state index in [1.807, 2.05) is 30.5 Å². The van der Waals surface area contributed by atoms with Crippen LogP contribution in [0.2, 0.25) is 0 Å². The number of aromatic nitrogens is 1. The van der Waals surface area contributed by atoms with Crippen LogP contribution in [0.4, 0.5) is 4.79 Å². The van der Waals surface area contributed by atoms with Gasteiger partial charge in [-0.3, -0.25) is 14.5 Å². The van der Waals surface area contributed by atoms with Crippen LogP contribution in [0, 0.1) is 13.8 Å². The van der Waals surface area contributed by atoms with Crippen LogP contribution in [0.5, 0.6) is 0 Å². The number of rotatable bonds is 6. The number of carbonyl (C=O) groups excluding carboxylic acids is 4. The summed E-state index contributed by atoms with van der Waals surface area (Å²) in [5, 5.41) is -0.518. The summed E-state index contributed by atoms with van der Waals surface area (Å²) in [6, 6.07) is 7.97. The van der Waals surface area contributed by atoms with Gasteiger partial charge in [0.05, 0.1) is 24.2 Å². The number of imide groups is 1. The Labute approximate surface area is 190 Å². The Morgan fingerprint density at radius 1 is 1.19 bits per heavy atom. The van der Waals surface area contributed by atoms with E-state index in [-0.39, 0.29) is 4.91 Å². The van der Waals surface area contributed by atoms with Crippen LogP contribution in [0.1, 0.15) is 41.2 Å². The van der Waals surface area contributed by atoms with Crippen LogP contribution in [0.15, 0.2) is 35.2 Å². The first-order chi connectivity index (χ1) is 15.2. The van der Waals surface area contributed by atoms with E-state index in [1.165, 1.54) is 14.0 Å². The van der Waals surface area contributed by atoms with Crippen molar-refractivity contribution >= 4 is 40.9 Å². The number of ether oxygens (including phenoxy) is 2. The van der Waals surface area contributed by atoms with Crippen molar-refractivity contribution in [1.29, 1.82) is 0 Å². The van der Waals surface area contributed by atoms with Crippen molar-refractivity contribution in [3.05, 3.63) is 57.8 Å². The zero-order valence-electron chi connectivity index (χ0n) is 18.5. The molecule has 2 amide bonds. The third kappa shape index (κ3) is 4.34. The molecule has 1 fully saturated rings. The van der Waals surface area contributed by atoms with Gasteiger partial charge in [-0.05, 0) is 75.4 Å². The average molecular weight is 457 g/mol. The van der Waals surface area contributed by atoms with Crippen molar-refractivity contribution in [1.82, 2.24) is 9.47 Å². The van der Waals surface area contributed by atoms with E-state index >= 15 is 0 Å². The zero-order valence-corrected chi connectivity index (χ0v) is 19.3. The summed E-state index contributed by atoms with van der Waals surface area (Å²) in [7, 11) is 1.21. The van der Waals surface area contributed by atoms with Crippen molar-refractivity contribution < 1.29 is 28.7 Å². The van der Waals surface area contributed by atoms with Crippen molar-refractivity contribution in [2.45, 2.75) is 33.7 Å². The highest BCUT2D eigenvalue weighted by molar-refractivity contribution is 8.18. The third-order valence-corrected chi connectivity index (χ3v) is 6.01. The van der Waals surface area contributed by atoms with Gasteiger partial charge in [0.1, 0.15) is 6.04 Å². The Morgan fingerprint density at radius 2 is 1.91 bits per heavy atom. The van der Waals surface area contributed by atoms with E-state index in [0.29, 0.717) is 12.2 Å². The van der Waals surface area contributed by atoms with Gasteiger partial charge in [0, 0.05) is 17.1 Å². The minimum atomic E-state index is -1.00. The molecule has 2 heterocycles. The Balaban J connectivity index is 1.95. The van der Waals surface area contributed by atoms with E-state index in [1.54, 1.807) is 31.2 Å². The molecule has 0 unspecified atom stereocenters. The molecule has 9 heteroatoms. The lowest BCUT2D eigenvalue weighted by atomic mass is 10.2. The first kappa shape index (κ1) is 23.3. The largest absolute Gasteiger partial charge is 0.467 e. The molecule has 1 aliphatic rings. The SMILES string of the molecule is CCOC(=O)c1cccc(-n2c(C)cc(/C=C3/SC(=O)N([C@@H](C)C(=O)OC)C3=O)c2C)c1. The van der Waals surface area contributed by atoms with E-state index < -0.39 is 29.1 Å². The lowest BCUT2D eigenvalue weighted by Crippen LogP contribution is -2.42. The van der Waals surface area contributed by atoms with Crippen molar-refractivity contribution in [2.24, 2.45) is 0 Å². The van der Waals surface area contributed by atoms with Crippen LogP contribution < -0.4 is 0 Å². The van der Waals surface area contributed by atoms with Gasteiger partial charge in [-0.25, -0.2) is 9.59 Å². The second kappa shape index (κ2) is 9.44. The highest BCUT2D eigenvalue weighted by Crippen LogP contribution is 2.35. The molecule has 1 aromatic carbocycles. The molecule has 8 nitrogen and oxygen atoms in total. The normalized spacial score (nSPS) is 15.9. The summed E-state index contributed by atoms with van der Waals surface area (Å²) >= 11 is 0.785. The molecular weight excluding hydrogens is 432 g/mol. The average Bonchev–Trinajstić information content (AvgIpc) is 3.21. The summed E-state index contributed by atoms with van der Waals surface area (Å²) < 4.78 is 11.7. The van der Waals surface area contributed by atoms with Gasteiger partial charge in [-0.2, -0.15) is 0 Å². The van der Waals surface area contributed by atoms with E-state index in [2.05, 4.69) is 4.74 Å². The summed E-state index contributed by atoms with van der Waals surface area (Å²) in [6.45, 7) is 7.29. The molecule has 1 atom stereocenters. The number of hydrogen-bond acceptors (Lipinski definition) is 7. The van der Waals surface area contributed by atoms with Crippen LogP contribution in [-0.4, -0.2) is 52.3 Å². The van der Waals surface area contributed by atoms with Gasteiger partial charge < -0.3 is 14.0 Å². The van der Waals surface area contributed by atoms with Crippen molar-refractivity contribution in [2.75, 3.05) is 13.7 Å². The van der Waals surface area contributed by atoms with Gasteiger partial charge in [0.25, 0.3) is 11.1 Å². The monoisotopic (exact) mass is 456 g/mol. The Morgan fingerprint density at radius 3 is 2.56 bits per heavy atom. The maximum atomic E-state index is 12.8. The summed E-state index contributed by atoms with van der Waals surface area (Å²) in [5.74, 6) is -1.59. The molecule has 1 aromatic heterocycles. The quantitative estimate of drug-likeness (QED) is 0.481. The molecule has 1 aliphatic heterocycles. The number of esters is 2. The molecule has 0 aliphatic carbocycles. The fraction of sp³-hybridized carbons (Fsp3) is 0.304. The number of nitrogens with zero attached hydrogens (tertiary/aromatic N) is 2. The summed E-state index contributed by atoms with van der Waals surface area (Å²) in [4.78, 5) is 50.2. The number of thioether (sulfide) groups is 1. The molecule has 0 saturated carbocycles. The Kier molecular flexibility index (Phi) is 6.88. The Bertz CT molecular complexity index is 1130. The minimum Gasteiger partial charge on any atom is -0.467 e. The van der Waals surface area contributed by atoms with Crippen LogP contribution >= 0.6 is 11.8 Å². The second-order valence-corrected chi connectivity index (χ2v) is 8.18. The van der Waals surface area contributed by atoms with Crippen LogP contribution in [0.3, 0.4) is 0 Å². The number of hydrogen-bond donors (Lipinski definition) is 0. The molecule has 168 valence electrons. The molecule has 0 spiro atoms. The number of carbonyl (C=O) groups is 4. The standard InChI is InChI=1S/C23H24N2O6S/c1-6-31-22(28)16-8-7-9-18(11-16)24-13(2)10-17(14(24)3)12-19-20(26)25(23(29)32-19)15(4)21(27)30-5/h7-12,15H,6H2,1-5H3/b19-12+/t15-/m0/s1. The fourth-order valence-corrected chi connectivity index (χ4v) is 4.45. The molecule has 0 N–H and O–H groups in total. The maximum Gasteiger partial charge on any atom is 0.338 e. The molecule has 0 bridgehead atoms. The van der Waals surface area contributed by atoms with E-state index in [0.717, 1.165) is 39.3 Å². The van der Waals surface area contributed by atoms with Gasteiger partial charge in [0.15, 0.2) is 0 Å².